The van der Waals surface area contributed by atoms with Crippen molar-refractivity contribution >= 4 is 43.8 Å². The van der Waals surface area contributed by atoms with Crippen LogP contribution in [0.2, 0.25) is 0 Å². The molecule has 0 aromatic carbocycles. The summed E-state index contributed by atoms with van der Waals surface area (Å²) in [5, 5.41) is 0. The molecule has 0 fully saturated rings. The van der Waals surface area contributed by atoms with Gasteiger partial charge in [-0.3, -0.25) is 0 Å². The van der Waals surface area contributed by atoms with E-state index in [1.54, 1.807) is 0 Å². The van der Waals surface area contributed by atoms with Gasteiger partial charge in [0.05, 0.1) is 0 Å². The highest BCUT2D eigenvalue weighted by Crippen LogP contribution is 2.78. The smallest absolute Gasteiger partial charge is 0.176 e. The van der Waals surface area contributed by atoms with E-state index in [9.17, 15) is 25.3 Å². The largest absolute Gasteiger partial charge is 0.414 e. The Balaban J connectivity index is 4.44. The summed E-state index contributed by atoms with van der Waals surface area (Å²) in [4.78, 5) is 0. The lowest BCUT2D eigenvalue weighted by Crippen LogP contribution is -2.12. The minimum absolute atomic E-state index is 1.63. The van der Waals surface area contributed by atoms with E-state index in [0.29, 0.717) is 0 Å². The van der Waals surface area contributed by atoms with E-state index < -0.39 is 30.1 Å². The molecule has 0 rings (SSSR count). The minimum atomic E-state index is -5.99. The molecule has 10 heteroatoms. The molecule has 0 saturated carbocycles. The summed E-state index contributed by atoms with van der Waals surface area (Å²) in [6.45, 7) is 0. The van der Waals surface area contributed by atoms with Crippen LogP contribution < -0.4 is 0 Å². The Hall–Kier alpha value is 0.860. The Bertz CT molecular complexity index is 160. The zero-order valence-electron chi connectivity index (χ0n) is 4.84. The molecule has 0 nitrogen and oxygen atoms in total. The van der Waals surface area contributed by atoms with E-state index in [1.165, 1.54) is 0 Å². The molecule has 0 amide bonds. The fraction of sp³-hybridized carbons (Fsp3) is 1.00. The van der Waals surface area contributed by atoms with Gasteiger partial charge in [0, 0.05) is 10.8 Å². The van der Waals surface area contributed by atoms with Crippen LogP contribution in [0.4, 0.5) is 25.3 Å². The van der Waals surface area contributed by atoms with E-state index in [0.717, 1.165) is 0 Å². The van der Waals surface area contributed by atoms with Crippen LogP contribution in [0, 0.1) is 0 Å². The Morgan fingerprint density at radius 3 is 1.42 bits per heavy atom. The summed E-state index contributed by atoms with van der Waals surface area (Å²) in [6, 6.07) is 0. The Morgan fingerprint density at radius 1 is 1.00 bits per heavy atom. The number of hydrogen-bond donors (Lipinski definition) is 0. The zero-order valence-corrected chi connectivity index (χ0v) is 7.99. The second-order valence-corrected chi connectivity index (χ2v) is 6.59. The molecule has 0 aliphatic rings. The van der Waals surface area contributed by atoms with Crippen LogP contribution in [0.3, 0.4) is 0 Å². The maximum atomic E-state index is 12.0. The SMILES string of the molecule is FC(F)(Cl)SS(F)(F)C(F)(F)Cl. The molecule has 0 radical (unpaired) electrons. The van der Waals surface area contributed by atoms with Gasteiger partial charge < -0.3 is 0 Å². The molecule has 0 aliphatic carbocycles. The van der Waals surface area contributed by atoms with Crippen LogP contribution in [-0.4, -0.2) is 9.43 Å². The molecule has 0 aromatic heterocycles. The second-order valence-electron chi connectivity index (χ2n) is 1.40. The third kappa shape index (κ3) is 4.20. The molecule has 0 atom stereocenters. The maximum absolute atomic E-state index is 12.0. The van der Waals surface area contributed by atoms with Gasteiger partial charge in [0.2, 0.25) is 0 Å². The molecule has 76 valence electrons. The Morgan fingerprint density at radius 2 is 1.33 bits per heavy atom. The average Bonchev–Trinajstić information content (AvgIpc) is 1.52. The first-order chi connectivity index (χ1) is 4.96. The third-order valence-electron chi connectivity index (χ3n) is 0.469. The monoisotopic (exact) mass is 272 g/mol. The summed E-state index contributed by atoms with van der Waals surface area (Å²) < 4.78 is 61.2. The van der Waals surface area contributed by atoms with Gasteiger partial charge in [0.25, 0.3) is 0 Å². The predicted octanol–water partition coefficient (Wildman–Crippen LogP) is 4.79. The van der Waals surface area contributed by atoms with Gasteiger partial charge in [0.1, 0.15) is 0 Å². The molecule has 0 unspecified atom stereocenters. The number of rotatable bonds is 3. The fourth-order valence-electron chi connectivity index (χ4n) is 0.166. The van der Waals surface area contributed by atoms with E-state index in [2.05, 4.69) is 23.2 Å². The van der Waals surface area contributed by atoms with Crippen molar-refractivity contribution in [3.63, 3.8) is 0 Å². The highest BCUT2D eigenvalue weighted by molar-refractivity contribution is 8.91. The Kier molecular flexibility index (Phi) is 3.80. The van der Waals surface area contributed by atoms with E-state index >= 15 is 0 Å². The summed E-state index contributed by atoms with van der Waals surface area (Å²) in [5.41, 5.74) is 0. The molecule has 0 heterocycles. The average molecular weight is 273 g/mol. The van der Waals surface area contributed by atoms with Gasteiger partial charge in [-0.05, 0) is 23.2 Å². The summed E-state index contributed by atoms with van der Waals surface area (Å²) in [5.74, 6) is 0. The Labute approximate surface area is 78.9 Å². The maximum Gasteiger partial charge on any atom is 0.414 e. The van der Waals surface area contributed by atoms with Crippen molar-refractivity contribution in [1.82, 2.24) is 0 Å². The highest BCUT2D eigenvalue weighted by atomic mass is 35.5. The van der Waals surface area contributed by atoms with Crippen molar-refractivity contribution in [2.45, 2.75) is 9.43 Å². The molecule has 12 heavy (non-hydrogen) atoms. The fourth-order valence-corrected chi connectivity index (χ4v) is 2.49. The van der Waals surface area contributed by atoms with Crippen molar-refractivity contribution in [3.05, 3.63) is 0 Å². The van der Waals surface area contributed by atoms with Crippen LogP contribution in [0.25, 0.3) is 0 Å². The number of alkyl halides is 6. The molecule has 0 bridgehead atoms. The first kappa shape index (κ1) is 12.9. The molecule has 0 aromatic rings. The molecule has 0 saturated heterocycles. The predicted molar refractivity (Wildman–Crippen MR) is 39.0 cm³/mol. The topological polar surface area (TPSA) is 0 Å². The van der Waals surface area contributed by atoms with Crippen molar-refractivity contribution in [2.75, 3.05) is 0 Å². The van der Waals surface area contributed by atoms with Gasteiger partial charge in [-0.15, -0.1) is 7.77 Å². The summed E-state index contributed by atoms with van der Waals surface area (Å²) >= 11 is 7.87. The second kappa shape index (κ2) is 3.55. The van der Waals surface area contributed by atoms with E-state index in [4.69, 9.17) is 0 Å². The minimum Gasteiger partial charge on any atom is -0.176 e. The van der Waals surface area contributed by atoms with Crippen LogP contribution in [0.1, 0.15) is 0 Å². The lowest BCUT2D eigenvalue weighted by molar-refractivity contribution is 0.185. The number of hydrogen-bond acceptors (Lipinski definition) is 1. The lowest BCUT2D eigenvalue weighted by atomic mass is 11.6. The van der Waals surface area contributed by atoms with Gasteiger partial charge in [-0.2, -0.15) is 17.6 Å². The van der Waals surface area contributed by atoms with Crippen LogP contribution in [0.5, 0.6) is 0 Å². The van der Waals surface area contributed by atoms with Gasteiger partial charge in [-0.1, -0.05) is 0 Å². The van der Waals surface area contributed by atoms with Crippen molar-refractivity contribution < 1.29 is 25.3 Å². The zero-order chi connectivity index (χ0) is 10.2. The van der Waals surface area contributed by atoms with Crippen molar-refractivity contribution in [3.8, 4) is 0 Å². The lowest BCUT2D eigenvalue weighted by Gasteiger charge is -2.24. The van der Waals surface area contributed by atoms with Gasteiger partial charge in [-0.25, -0.2) is 0 Å². The van der Waals surface area contributed by atoms with Crippen molar-refractivity contribution in [1.29, 1.82) is 0 Å². The number of halogens is 8. The molecule has 0 N–H and O–H groups in total. The van der Waals surface area contributed by atoms with Crippen LogP contribution in [-0.2, 0) is 0 Å². The van der Waals surface area contributed by atoms with Gasteiger partial charge >= 0.3 is 9.43 Å². The first-order valence-electron chi connectivity index (χ1n) is 2.02. The third-order valence-corrected chi connectivity index (χ3v) is 4.65. The van der Waals surface area contributed by atoms with Crippen LogP contribution in [0.15, 0.2) is 0 Å². The van der Waals surface area contributed by atoms with E-state index in [1.807, 2.05) is 0 Å². The van der Waals surface area contributed by atoms with Crippen LogP contribution >= 0.6 is 43.8 Å². The van der Waals surface area contributed by atoms with E-state index in [-0.39, 0.29) is 0 Å². The first-order valence-corrected chi connectivity index (χ1v) is 5.54. The molecular formula is C2Cl2F6S2. The van der Waals surface area contributed by atoms with Crippen molar-refractivity contribution in [2.24, 2.45) is 0 Å². The molecule has 0 spiro atoms. The quantitative estimate of drug-likeness (QED) is 0.405. The standard InChI is InChI=1S/C2Cl2F6S2/c3-1(5,6)11-12(9,10)2(4,7)8. The normalized spacial score (nSPS) is 16.3. The summed E-state index contributed by atoms with van der Waals surface area (Å²) in [6.07, 6.45) is 0. The summed E-state index contributed by atoms with van der Waals surface area (Å²) in [7, 11) is -7.62. The highest BCUT2D eigenvalue weighted by Gasteiger charge is 2.56. The molecular weight excluding hydrogens is 273 g/mol. The van der Waals surface area contributed by atoms with Gasteiger partial charge in [0.15, 0.2) is 9.83 Å². The molecule has 0 aliphatic heterocycles.